The van der Waals surface area contributed by atoms with Gasteiger partial charge in [0.25, 0.3) is 5.91 Å². The molecule has 3 aromatic rings. The first kappa shape index (κ1) is 31.4. The first-order valence-electron chi connectivity index (χ1n) is 16.4. The number of likely N-dealkylation sites (tertiary alicyclic amines) is 2. The van der Waals surface area contributed by atoms with E-state index >= 15 is 0 Å². The molecule has 4 N–H and O–H groups in total. The zero-order valence-corrected chi connectivity index (χ0v) is 26.3. The highest BCUT2D eigenvalue weighted by molar-refractivity contribution is 5.94. The van der Waals surface area contributed by atoms with Gasteiger partial charge in [-0.15, -0.1) is 0 Å². The van der Waals surface area contributed by atoms with E-state index < -0.39 is 0 Å². The van der Waals surface area contributed by atoms with Gasteiger partial charge in [0.15, 0.2) is 0 Å². The minimum absolute atomic E-state index is 0.0840. The Bertz CT molecular complexity index is 1180. The van der Waals surface area contributed by atoms with E-state index in [1.807, 2.05) is 29.4 Å². The van der Waals surface area contributed by atoms with E-state index in [9.17, 15) is 4.79 Å². The number of benzene rings is 1. The number of unbranched alkanes of at least 4 members (excludes halogenated alkanes) is 1. The molecule has 43 heavy (non-hydrogen) atoms. The van der Waals surface area contributed by atoms with E-state index in [2.05, 4.69) is 55.7 Å². The number of aromatic nitrogens is 4. The van der Waals surface area contributed by atoms with Crippen LogP contribution in [0, 0.1) is 17.3 Å². The summed E-state index contributed by atoms with van der Waals surface area (Å²) in [5.41, 5.74) is 8.34. The number of hydrogen-bond donors (Lipinski definition) is 3. The summed E-state index contributed by atoms with van der Waals surface area (Å²) < 4.78 is 0. The van der Waals surface area contributed by atoms with Crippen molar-refractivity contribution in [3.63, 3.8) is 0 Å². The zero-order chi connectivity index (χ0) is 30.1. The van der Waals surface area contributed by atoms with E-state index in [4.69, 9.17) is 5.73 Å². The molecule has 0 bridgehead atoms. The average molecular weight is 589 g/mol. The molecule has 1 aromatic carbocycles. The quantitative estimate of drug-likeness (QED) is 0.228. The summed E-state index contributed by atoms with van der Waals surface area (Å²) in [7, 11) is 0. The van der Waals surface area contributed by atoms with Crippen molar-refractivity contribution < 1.29 is 4.79 Å². The monoisotopic (exact) mass is 588 g/mol. The lowest BCUT2D eigenvalue weighted by atomic mass is 9.77. The van der Waals surface area contributed by atoms with Crippen LogP contribution in [0.3, 0.4) is 0 Å². The van der Waals surface area contributed by atoms with Gasteiger partial charge in [0.05, 0.1) is 0 Å². The van der Waals surface area contributed by atoms with E-state index in [1.165, 1.54) is 57.5 Å². The molecule has 2 saturated heterocycles. The Hall–Kier alpha value is -3.01. The Balaban J connectivity index is 1.19. The summed E-state index contributed by atoms with van der Waals surface area (Å²) in [6, 6.07) is 8.37. The van der Waals surface area contributed by atoms with E-state index in [-0.39, 0.29) is 11.8 Å². The van der Waals surface area contributed by atoms with Crippen molar-refractivity contribution in [2.24, 2.45) is 23.0 Å². The van der Waals surface area contributed by atoms with Gasteiger partial charge in [-0.25, -0.2) is 9.97 Å². The topological polar surface area (TPSA) is 110 Å². The second kappa shape index (κ2) is 15.1. The molecule has 0 atom stereocenters. The largest absolute Gasteiger partial charge is 0.349 e. The maximum Gasteiger partial charge on any atom is 0.253 e. The smallest absolute Gasteiger partial charge is 0.253 e. The SMILES string of the molecule is CC(C)CN1CCC2(CC1)CCN(Cc1ccc(C(=O)N(CCCCN)CC(Cc3ncc[nH]3)Cc3ncc[nH]3)cc1)C2. The van der Waals surface area contributed by atoms with Gasteiger partial charge < -0.3 is 25.5 Å². The molecule has 0 unspecified atom stereocenters. The normalized spacial score (nSPS) is 17.4. The lowest BCUT2D eigenvalue weighted by molar-refractivity contribution is 0.0723. The lowest BCUT2D eigenvalue weighted by Crippen LogP contribution is -2.42. The van der Waals surface area contributed by atoms with Gasteiger partial charge in [-0.3, -0.25) is 9.69 Å². The summed E-state index contributed by atoms with van der Waals surface area (Å²) >= 11 is 0. The number of hydrogen-bond acceptors (Lipinski definition) is 6. The van der Waals surface area contributed by atoms with Gasteiger partial charge in [0.1, 0.15) is 11.6 Å². The standard InChI is InChI=1S/C34H52N8O/c1-27(2)23-40-18-9-34(10-19-40)11-20-41(26-34)24-28-5-7-30(8-6-28)33(43)42(17-4-3-12-35)25-29(21-31-36-13-14-37-31)22-32-38-15-16-39-32/h5-8,13-16,27,29H,3-4,9-12,17-26,35H2,1-2H3,(H,36,37)(H,38,39). The van der Waals surface area contributed by atoms with Crippen LogP contribution in [-0.4, -0.2) is 92.9 Å². The van der Waals surface area contributed by atoms with Gasteiger partial charge in [0, 0.05) is 75.9 Å². The number of imidazole rings is 2. The molecule has 2 aliphatic heterocycles. The number of H-pyrrole nitrogens is 2. The van der Waals surface area contributed by atoms with Crippen LogP contribution in [0.4, 0.5) is 0 Å². The van der Waals surface area contributed by atoms with Crippen molar-refractivity contribution >= 4 is 5.91 Å². The number of piperidine rings is 1. The molecule has 2 fully saturated rings. The molecule has 234 valence electrons. The maximum absolute atomic E-state index is 13.9. The van der Waals surface area contributed by atoms with Crippen LogP contribution in [-0.2, 0) is 19.4 Å². The predicted molar refractivity (Wildman–Crippen MR) is 172 cm³/mol. The van der Waals surface area contributed by atoms with Crippen molar-refractivity contribution in [3.05, 3.63) is 71.8 Å². The van der Waals surface area contributed by atoms with Crippen LogP contribution >= 0.6 is 0 Å². The molecule has 1 amide bonds. The fraction of sp³-hybridized carbons (Fsp3) is 0.618. The fourth-order valence-electron chi connectivity index (χ4n) is 7.09. The van der Waals surface area contributed by atoms with E-state index in [0.717, 1.165) is 55.4 Å². The Kier molecular flexibility index (Phi) is 11.1. The van der Waals surface area contributed by atoms with Gasteiger partial charge in [0.2, 0.25) is 0 Å². The zero-order valence-electron chi connectivity index (χ0n) is 26.3. The molecule has 0 radical (unpaired) electrons. The van der Waals surface area contributed by atoms with Crippen molar-refractivity contribution in [2.45, 2.75) is 65.3 Å². The van der Waals surface area contributed by atoms with Crippen LogP contribution in [0.5, 0.6) is 0 Å². The van der Waals surface area contributed by atoms with Crippen molar-refractivity contribution in [2.75, 3.05) is 52.4 Å². The van der Waals surface area contributed by atoms with Crippen LogP contribution in [0.2, 0.25) is 0 Å². The van der Waals surface area contributed by atoms with Gasteiger partial charge in [-0.2, -0.15) is 0 Å². The first-order valence-corrected chi connectivity index (χ1v) is 16.4. The van der Waals surface area contributed by atoms with Gasteiger partial charge in [-0.05, 0) is 93.2 Å². The van der Waals surface area contributed by atoms with Crippen molar-refractivity contribution in [3.8, 4) is 0 Å². The number of aromatic amines is 2. The number of nitrogens with two attached hydrogens (primary N) is 1. The van der Waals surface area contributed by atoms with E-state index in [1.54, 1.807) is 12.4 Å². The Morgan fingerprint density at radius 3 is 2.14 bits per heavy atom. The first-order chi connectivity index (χ1) is 20.9. The second-order valence-electron chi connectivity index (χ2n) is 13.4. The highest BCUT2D eigenvalue weighted by atomic mass is 16.2. The molecule has 4 heterocycles. The van der Waals surface area contributed by atoms with Gasteiger partial charge >= 0.3 is 0 Å². The molecule has 9 nitrogen and oxygen atoms in total. The molecule has 2 aliphatic rings. The maximum atomic E-state index is 13.9. The van der Waals surface area contributed by atoms with Crippen LogP contribution in [0.25, 0.3) is 0 Å². The molecule has 2 aromatic heterocycles. The molecule has 5 rings (SSSR count). The number of carbonyl (C=O) groups excluding carboxylic acids is 1. The van der Waals surface area contributed by atoms with Crippen molar-refractivity contribution in [1.82, 2.24) is 34.6 Å². The van der Waals surface area contributed by atoms with Crippen LogP contribution < -0.4 is 5.73 Å². The fourth-order valence-corrected chi connectivity index (χ4v) is 7.09. The Labute approximate surface area is 257 Å². The molecule has 9 heteroatoms. The third-order valence-electron chi connectivity index (χ3n) is 9.39. The van der Waals surface area contributed by atoms with E-state index in [0.29, 0.717) is 25.0 Å². The van der Waals surface area contributed by atoms with Crippen LogP contribution in [0.15, 0.2) is 49.1 Å². The predicted octanol–water partition coefficient (Wildman–Crippen LogP) is 4.36. The summed E-state index contributed by atoms with van der Waals surface area (Å²) in [5, 5.41) is 0. The van der Waals surface area contributed by atoms with Crippen molar-refractivity contribution in [1.29, 1.82) is 0 Å². The summed E-state index contributed by atoms with van der Waals surface area (Å²) in [5.74, 6) is 2.87. The lowest BCUT2D eigenvalue weighted by Gasteiger charge is -2.40. The van der Waals surface area contributed by atoms with Gasteiger partial charge in [-0.1, -0.05) is 26.0 Å². The summed E-state index contributed by atoms with van der Waals surface area (Å²) in [6.45, 7) is 13.6. The number of carbonyl (C=O) groups is 1. The highest BCUT2D eigenvalue weighted by Crippen LogP contribution is 2.41. The molecule has 0 saturated carbocycles. The minimum Gasteiger partial charge on any atom is -0.349 e. The molecular weight excluding hydrogens is 536 g/mol. The Morgan fingerprint density at radius 1 is 0.953 bits per heavy atom. The Morgan fingerprint density at radius 2 is 1.58 bits per heavy atom. The number of rotatable bonds is 15. The molecule has 0 aliphatic carbocycles. The molecular formula is C34H52N8O. The summed E-state index contributed by atoms with van der Waals surface area (Å²) in [4.78, 5) is 36.5. The number of amides is 1. The highest BCUT2D eigenvalue weighted by Gasteiger charge is 2.40. The number of nitrogens with zero attached hydrogens (tertiary/aromatic N) is 5. The molecule has 1 spiro atoms. The third-order valence-corrected chi connectivity index (χ3v) is 9.39. The van der Waals surface area contributed by atoms with Crippen LogP contribution in [0.1, 0.15) is 73.5 Å². The second-order valence-corrected chi connectivity index (χ2v) is 13.4. The average Bonchev–Trinajstić information content (AvgIpc) is 3.78. The third kappa shape index (κ3) is 9.00. The minimum atomic E-state index is 0.0840. The number of nitrogens with one attached hydrogen (secondary N) is 2. The summed E-state index contributed by atoms with van der Waals surface area (Å²) in [6.07, 6.45) is 14.5.